The first kappa shape index (κ1) is 33.6. The highest BCUT2D eigenvalue weighted by atomic mass is 35.5. The fraction of sp³-hybridized carbons (Fsp3) is 0.484. The number of nitrogens with one attached hydrogen (secondary N) is 2. The Morgan fingerprint density at radius 1 is 1.00 bits per heavy atom. The van der Waals surface area contributed by atoms with E-state index in [4.69, 9.17) is 22.1 Å². The van der Waals surface area contributed by atoms with Crippen LogP contribution in [0.3, 0.4) is 0 Å². The van der Waals surface area contributed by atoms with Gasteiger partial charge in [-0.2, -0.15) is 0 Å². The maximum Gasteiger partial charge on any atom is 0.408 e. The van der Waals surface area contributed by atoms with Gasteiger partial charge in [-0.3, -0.25) is 14.4 Å². The van der Waals surface area contributed by atoms with Crippen molar-refractivity contribution in [2.75, 3.05) is 5.32 Å². The Bertz CT molecular complexity index is 1280. The van der Waals surface area contributed by atoms with E-state index in [1.54, 1.807) is 32.9 Å². The number of hydrogen-bond donors (Lipinski definition) is 3. The van der Waals surface area contributed by atoms with Gasteiger partial charge in [0.1, 0.15) is 17.7 Å². The van der Waals surface area contributed by atoms with Gasteiger partial charge >= 0.3 is 6.09 Å². The molecule has 9 nitrogen and oxygen atoms in total. The molecule has 2 aromatic rings. The number of nitrogens with zero attached hydrogens (tertiary/aromatic N) is 1. The topological polar surface area (TPSA) is 131 Å². The maximum atomic E-state index is 14.4. The fourth-order valence-electron chi connectivity index (χ4n) is 4.48. The molecule has 2 aromatic carbocycles. The second-order valence-corrected chi connectivity index (χ2v) is 12.3. The quantitative estimate of drug-likeness (QED) is 0.327. The van der Waals surface area contributed by atoms with E-state index in [2.05, 4.69) is 10.6 Å². The summed E-state index contributed by atoms with van der Waals surface area (Å²) in [6.07, 6.45) is -0.918. The number of para-hydroxylation sites is 1. The van der Waals surface area contributed by atoms with Crippen LogP contribution in [-0.4, -0.2) is 45.9 Å². The van der Waals surface area contributed by atoms with Crippen molar-refractivity contribution in [2.24, 2.45) is 5.73 Å². The minimum absolute atomic E-state index is 0.351. The van der Waals surface area contributed by atoms with E-state index in [1.165, 1.54) is 4.90 Å². The Kier molecular flexibility index (Phi) is 11.0. The maximum absolute atomic E-state index is 14.4. The molecule has 4 amide bonds. The molecule has 0 aromatic heterocycles. The summed E-state index contributed by atoms with van der Waals surface area (Å²) < 4.78 is 5.35. The van der Waals surface area contributed by atoms with E-state index in [0.717, 1.165) is 16.7 Å². The fourth-order valence-corrected chi connectivity index (χ4v) is 4.75. The number of nitrogens with two attached hydrogens (primary N) is 1. The number of halogens is 1. The molecule has 4 N–H and O–H groups in total. The predicted molar refractivity (Wildman–Crippen MR) is 162 cm³/mol. The highest BCUT2D eigenvalue weighted by Gasteiger charge is 2.44. The van der Waals surface area contributed by atoms with Crippen LogP contribution < -0.4 is 16.4 Å². The highest BCUT2D eigenvalue weighted by molar-refractivity contribution is 6.34. The Morgan fingerprint density at radius 3 is 2.15 bits per heavy atom. The number of anilines is 1. The molecule has 2 rings (SSSR count). The molecule has 0 spiro atoms. The zero-order chi connectivity index (χ0) is 31.3. The third kappa shape index (κ3) is 8.95. The zero-order valence-electron chi connectivity index (χ0n) is 25.5. The number of carbonyl (C=O) groups is 4. The van der Waals surface area contributed by atoms with Crippen molar-refractivity contribution in [3.63, 3.8) is 0 Å². The van der Waals surface area contributed by atoms with Gasteiger partial charge in [-0.1, -0.05) is 54.4 Å². The first-order valence-corrected chi connectivity index (χ1v) is 14.0. The molecule has 0 aliphatic heterocycles. The van der Waals surface area contributed by atoms with Gasteiger partial charge < -0.3 is 26.0 Å². The number of benzene rings is 2. The molecule has 0 saturated heterocycles. The zero-order valence-corrected chi connectivity index (χ0v) is 26.2. The number of primary amides is 1. The van der Waals surface area contributed by atoms with E-state index in [9.17, 15) is 19.2 Å². The summed E-state index contributed by atoms with van der Waals surface area (Å²) in [4.78, 5) is 54.9. The summed E-state index contributed by atoms with van der Waals surface area (Å²) in [6.45, 7) is 16.2. The van der Waals surface area contributed by atoms with Crippen molar-refractivity contribution in [1.82, 2.24) is 10.2 Å². The van der Waals surface area contributed by atoms with E-state index in [0.29, 0.717) is 22.7 Å². The Labute approximate surface area is 248 Å². The summed E-state index contributed by atoms with van der Waals surface area (Å²) >= 11 is 6.45. The van der Waals surface area contributed by atoms with Gasteiger partial charge in [-0.15, -0.1) is 0 Å². The van der Waals surface area contributed by atoms with Crippen molar-refractivity contribution in [1.29, 1.82) is 0 Å². The van der Waals surface area contributed by atoms with E-state index in [1.807, 2.05) is 65.8 Å². The van der Waals surface area contributed by atoms with Crippen LogP contribution in [0.1, 0.15) is 82.7 Å². The Hall–Kier alpha value is -3.59. The standard InChI is InChI=1S/C31H43ClN4O5/c1-10-31(8,9)36(28(39)23(17-24(33)37)34-29(40)41-30(5,6)7)26(21-15-14-18(2)16-20(21)4)27(38)35-25-19(3)12-11-13-22(25)32/h11-16,23,26H,10,17H2,1-9H3,(H2,33,37)(H,34,40)(H,35,38). The molecule has 10 heteroatoms. The molecule has 2 unspecified atom stereocenters. The lowest BCUT2D eigenvalue weighted by molar-refractivity contribution is -0.148. The van der Waals surface area contributed by atoms with Crippen LogP contribution in [0, 0.1) is 20.8 Å². The van der Waals surface area contributed by atoms with Crippen LogP contribution in [0.25, 0.3) is 0 Å². The second kappa shape index (κ2) is 13.4. The van der Waals surface area contributed by atoms with Crippen LogP contribution >= 0.6 is 11.6 Å². The monoisotopic (exact) mass is 586 g/mol. The Morgan fingerprint density at radius 2 is 1.63 bits per heavy atom. The molecule has 0 saturated carbocycles. The third-order valence-electron chi connectivity index (χ3n) is 6.85. The average molecular weight is 587 g/mol. The minimum Gasteiger partial charge on any atom is -0.444 e. The van der Waals surface area contributed by atoms with Crippen molar-refractivity contribution >= 4 is 41.1 Å². The smallest absolute Gasteiger partial charge is 0.408 e. The molecule has 0 aliphatic carbocycles. The lowest BCUT2D eigenvalue weighted by Crippen LogP contribution is -2.59. The van der Waals surface area contributed by atoms with Crippen LogP contribution in [0.15, 0.2) is 36.4 Å². The molecule has 0 aliphatic rings. The lowest BCUT2D eigenvalue weighted by Gasteiger charge is -2.45. The average Bonchev–Trinajstić information content (AvgIpc) is 2.83. The molecule has 0 radical (unpaired) electrons. The Balaban J connectivity index is 2.74. The van der Waals surface area contributed by atoms with Gasteiger partial charge in [0.2, 0.25) is 11.8 Å². The normalized spacial score (nSPS) is 13.1. The first-order valence-electron chi connectivity index (χ1n) is 13.6. The van der Waals surface area contributed by atoms with Gasteiger partial charge in [0.25, 0.3) is 5.91 Å². The van der Waals surface area contributed by atoms with Gasteiger partial charge in [0, 0.05) is 5.54 Å². The highest BCUT2D eigenvalue weighted by Crippen LogP contribution is 2.36. The van der Waals surface area contributed by atoms with Crippen molar-refractivity contribution in [3.05, 3.63) is 63.7 Å². The molecular formula is C31H43ClN4O5. The van der Waals surface area contributed by atoms with Crippen LogP contribution in [0.2, 0.25) is 5.02 Å². The number of amides is 4. The summed E-state index contributed by atoms with van der Waals surface area (Å²) in [6, 6.07) is 8.35. The number of rotatable bonds is 10. The first-order chi connectivity index (χ1) is 18.9. The SMILES string of the molecule is CCC(C)(C)N(C(=O)C(CC(N)=O)NC(=O)OC(C)(C)C)C(C(=O)Nc1c(C)cccc1Cl)c1ccc(C)cc1C. The van der Waals surface area contributed by atoms with Crippen LogP contribution in [0.5, 0.6) is 0 Å². The van der Waals surface area contributed by atoms with E-state index >= 15 is 0 Å². The van der Waals surface area contributed by atoms with E-state index < -0.39 is 53.5 Å². The minimum atomic E-state index is -1.38. The number of carbonyl (C=O) groups excluding carboxylic acids is 4. The largest absolute Gasteiger partial charge is 0.444 e. The van der Waals surface area contributed by atoms with Crippen LogP contribution in [0.4, 0.5) is 10.5 Å². The molecule has 41 heavy (non-hydrogen) atoms. The lowest BCUT2D eigenvalue weighted by atomic mass is 9.89. The van der Waals surface area contributed by atoms with Gasteiger partial charge in [0.15, 0.2) is 0 Å². The van der Waals surface area contributed by atoms with Gasteiger partial charge in [0.05, 0.1) is 17.1 Å². The van der Waals surface area contributed by atoms with Gasteiger partial charge in [-0.25, -0.2) is 4.79 Å². The molecular weight excluding hydrogens is 544 g/mol. The van der Waals surface area contributed by atoms with Crippen molar-refractivity contribution < 1.29 is 23.9 Å². The van der Waals surface area contributed by atoms with Crippen molar-refractivity contribution in [2.45, 2.75) is 98.4 Å². The number of ether oxygens (including phenoxy) is 1. The second-order valence-electron chi connectivity index (χ2n) is 11.9. The van der Waals surface area contributed by atoms with Crippen molar-refractivity contribution in [3.8, 4) is 0 Å². The third-order valence-corrected chi connectivity index (χ3v) is 7.16. The molecule has 0 heterocycles. The summed E-state index contributed by atoms with van der Waals surface area (Å²) in [7, 11) is 0. The summed E-state index contributed by atoms with van der Waals surface area (Å²) in [5, 5.41) is 5.80. The number of alkyl carbamates (subject to hydrolysis) is 1. The predicted octanol–water partition coefficient (Wildman–Crippen LogP) is 5.73. The number of aryl methyl sites for hydroxylation is 3. The number of hydrogen-bond acceptors (Lipinski definition) is 5. The molecule has 224 valence electrons. The van der Waals surface area contributed by atoms with E-state index in [-0.39, 0.29) is 0 Å². The summed E-state index contributed by atoms with van der Waals surface area (Å²) in [5.74, 6) is -1.96. The summed E-state index contributed by atoms with van der Waals surface area (Å²) in [5.41, 5.74) is 7.28. The van der Waals surface area contributed by atoms with Gasteiger partial charge in [-0.05, 0) is 84.6 Å². The van der Waals surface area contributed by atoms with Crippen LogP contribution in [-0.2, 0) is 19.1 Å². The molecule has 0 bridgehead atoms. The molecule has 0 fully saturated rings. The molecule has 2 atom stereocenters.